The van der Waals surface area contributed by atoms with E-state index in [1.807, 2.05) is 58.6 Å². The van der Waals surface area contributed by atoms with Crippen molar-refractivity contribution >= 4 is 40.8 Å². The summed E-state index contributed by atoms with van der Waals surface area (Å²) in [6.45, 7) is 16.9. The maximum atomic E-state index is 14.3. The number of pyridine rings is 2. The Bertz CT molecular complexity index is 1840. The number of anilines is 1. The first-order valence-corrected chi connectivity index (χ1v) is 16.0. The summed E-state index contributed by atoms with van der Waals surface area (Å²) in [6, 6.07) is 10.6. The highest BCUT2D eigenvalue weighted by Gasteiger charge is 2.33. The van der Waals surface area contributed by atoms with E-state index in [1.165, 1.54) is 0 Å². The molecule has 10 nitrogen and oxygen atoms in total. The minimum atomic E-state index is -0.613. The molecule has 5 rings (SSSR count). The quantitative estimate of drug-likeness (QED) is 0.206. The van der Waals surface area contributed by atoms with Crippen molar-refractivity contribution in [3.05, 3.63) is 74.9 Å². The fraction of sp³-hybridized carbons (Fsp3) is 0.429. The van der Waals surface area contributed by atoms with Gasteiger partial charge in [0, 0.05) is 43.0 Å². The van der Waals surface area contributed by atoms with Gasteiger partial charge < -0.3 is 14.5 Å². The molecular formula is C35H41ClN6O4. The summed E-state index contributed by atoms with van der Waals surface area (Å²) in [5.41, 5.74) is 2.92. The van der Waals surface area contributed by atoms with Crippen LogP contribution in [0, 0.1) is 0 Å². The Morgan fingerprint density at radius 2 is 1.78 bits per heavy atom. The first-order valence-electron chi connectivity index (χ1n) is 15.6. The number of fused-ring (bicyclic) bond motifs is 1. The summed E-state index contributed by atoms with van der Waals surface area (Å²) in [4.78, 5) is 57.3. The zero-order chi connectivity index (χ0) is 33.5. The number of hydrogen-bond acceptors (Lipinski definition) is 8. The molecule has 1 aliphatic heterocycles. The van der Waals surface area contributed by atoms with E-state index in [-0.39, 0.29) is 24.0 Å². The molecule has 0 unspecified atom stereocenters. The van der Waals surface area contributed by atoms with E-state index in [0.717, 1.165) is 17.5 Å². The average molecular weight is 645 g/mol. The molecule has 242 valence electrons. The third kappa shape index (κ3) is 6.35. The van der Waals surface area contributed by atoms with Gasteiger partial charge in [0.2, 0.25) is 0 Å². The second-order valence-electron chi connectivity index (χ2n) is 13.4. The van der Waals surface area contributed by atoms with Crippen LogP contribution in [-0.2, 0) is 4.74 Å². The van der Waals surface area contributed by atoms with E-state index in [4.69, 9.17) is 26.3 Å². The maximum Gasteiger partial charge on any atom is 0.410 e. The van der Waals surface area contributed by atoms with Gasteiger partial charge in [-0.1, -0.05) is 63.6 Å². The number of amides is 1. The molecule has 0 saturated carbocycles. The number of halogens is 1. The molecule has 0 N–H and O–H groups in total. The lowest BCUT2D eigenvalue weighted by molar-refractivity contribution is 0.0218. The molecule has 4 aromatic rings. The Balaban J connectivity index is 1.77. The van der Waals surface area contributed by atoms with Crippen molar-refractivity contribution in [3.63, 3.8) is 0 Å². The number of nitrogens with zero attached hydrogens (tertiary/aromatic N) is 6. The van der Waals surface area contributed by atoms with Gasteiger partial charge >= 0.3 is 11.8 Å². The molecule has 4 heterocycles. The summed E-state index contributed by atoms with van der Waals surface area (Å²) in [7, 11) is 0. The molecule has 11 heteroatoms. The van der Waals surface area contributed by atoms with E-state index in [9.17, 15) is 14.4 Å². The van der Waals surface area contributed by atoms with Gasteiger partial charge in [-0.15, -0.1) is 0 Å². The van der Waals surface area contributed by atoms with Gasteiger partial charge in [0.05, 0.1) is 27.5 Å². The highest BCUT2D eigenvalue weighted by Crippen LogP contribution is 2.37. The van der Waals surface area contributed by atoms with Crippen molar-refractivity contribution in [1.82, 2.24) is 24.4 Å². The average Bonchev–Trinajstić information content (AvgIpc) is 2.99. The predicted molar refractivity (Wildman–Crippen MR) is 182 cm³/mol. The lowest BCUT2D eigenvalue weighted by Crippen LogP contribution is -2.55. The summed E-state index contributed by atoms with van der Waals surface area (Å²) in [5, 5.41) is 0.886. The van der Waals surface area contributed by atoms with Gasteiger partial charge in [0.25, 0.3) is 0 Å². The number of piperazine rings is 1. The Kier molecular flexibility index (Phi) is 9.22. The van der Waals surface area contributed by atoms with E-state index in [0.29, 0.717) is 64.0 Å². The Labute approximate surface area is 274 Å². The first-order chi connectivity index (χ1) is 21.7. The maximum absolute atomic E-state index is 14.3. The Morgan fingerprint density at radius 3 is 2.41 bits per heavy atom. The van der Waals surface area contributed by atoms with Crippen LogP contribution in [0.15, 0.2) is 47.4 Å². The fourth-order valence-corrected chi connectivity index (χ4v) is 6.17. The summed E-state index contributed by atoms with van der Waals surface area (Å²) >= 11 is 6.95. The standard InChI is InChI=1S/C35H41ClN6O4/c1-20(2)24-13-14-37-28(21(3)4)30(24)42-32-26(17-27(36)29(38-32)25-12-10-9-11-23(25)19-43)31(39-33(42)44)41-16-15-40(18-22(41)5)34(45)46-35(6,7)8/h9-14,17,19-22H,15-16,18H2,1-8H3/t22-/m0/s1. The molecule has 1 atom stereocenters. The summed E-state index contributed by atoms with van der Waals surface area (Å²) in [6.07, 6.45) is 2.16. The smallest absolute Gasteiger partial charge is 0.410 e. The van der Waals surface area contributed by atoms with E-state index in [2.05, 4.69) is 18.8 Å². The second-order valence-corrected chi connectivity index (χ2v) is 13.8. The lowest BCUT2D eigenvalue weighted by atomic mass is 9.97. The number of aromatic nitrogens is 4. The summed E-state index contributed by atoms with van der Waals surface area (Å²) in [5.74, 6) is 0.498. The third-order valence-corrected chi connectivity index (χ3v) is 8.36. The van der Waals surface area contributed by atoms with Gasteiger partial charge in [-0.05, 0) is 57.2 Å². The topological polar surface area (TPSA) is 111 Å². The van der Waals surface area contributed by atoms with E-state index in [1.54, 1.807) is 39.9 Å². The van der Waals surface area contributed by atoms with Gasteiger partial charge in [-0.25, -0.2) is 19.1 Å². The molecule has 0 spiro atoms. The minimum absolute atomic E-state index is 0.00107. The van der Waals surface area contributed by atoms with Crippen LogP contribution < -0.4 is 10.6 Å². The molecule has 1 amide bonds. The number of carbonyl (C=O) groups is 2. The number of benzene rings is 1. The SMILES string of the molecule is CC(C)c1ccnc(C(C)C)c1-n1c(=O)nc(N2CCN(C(=O)OC(C)(C)C)C[C@@H]2C)c2cc(Cl)c(-c3ccccc3C=O)nc21. The van der Waals surface area contributed by atoms with Crippen LogP contribution >= 0.6 is 11.6 Å². The fourth-order valence-electron chi connectivity index (χ4n) is 5.91. The predicted octanol–water partition coefficient (Wildman–Crippen LogP) is 7.00. The third-order valence-electron chi connectivity index (χ3n) is 8.07. The lowest BCUT2D eigenvalue weighted by Gasteiger charge is -2.41. The van der Waals surface area contributed by atoms with Crippen molar-refractivity contribution in [3.8, 4) is 16.9 Å². The van der Waals surface area contributed by atoms with Crippen molar-refractivity contribution in [2.24, 2.45) is 0 Å². The molecule has 0 bridgehead atoms. The Hall–Kier alpha value is -4.31. The zero-order valence-electron chi connectivity index (χ0n) is 27.7. The van der Waals surface area contributed by atoms with E-state index >= 15 is 0 Å². The van der Waals surface area contributed by atoms with Crippen molar-refractivity contribution in [1.29, 1.82) is 0 Å². The van der Waals surface area contributed by atoms with Gasteiger partial charge in [0.15, 0.2) is 11.9 Å². The molecule has 1 aromatic carbocycles. The zero-order valence-corrected chi connectivity index (χ0v) is 28.4. The monoisotopic (exact) mass is 644 g/mol. The highest BCUT2D eigenvalue weighted by molar-refractivity contribution is 6.34. The van der Waals surface area contributed by atoms with Crippen LogP contribution in [0.3, 0.4) is 0 Å². The minimum Gasteiger partial charge on any atom is -0.444 e. The van der Waals surface area contributed by atoms with Gasteiger partial charge in [0.1, 0.15) is 11.4 Å². The highest BCUT2D eigenvalue weighted by atomic mass is 35.5. The first kappa shape index (κ1) is 33.1. The van der Waals surface area contributed by atoms with Crippen LogP contribution in [0.5, 0.6) is 0 Å². The van der Waals surface area contributed by atoms with Crippen molar-refractivity contribution in [2.75, 3.05) is 24.5 Å². The molecule has 0 radical (unpaired) electrons. The largest absolute Gasteiger partial charge is 0.444 e. The van der Waals surface area contributed by atoms with Crippen LogP contribution in [0.2, 0.25) is 5.02 Å². The van der Waals surface area contributed by atoms with Crippen LogP contribution in [0.1, 0.15) is 88.8 Å². The number of carbonyl (C=O) groups excluding carboxylic acids is 2. The number of rotatable bonds is 6. The molecular weight excluding hydrogens is 604 g/mol. The van der Waals surface area contributed by atoms with Crippen LogP contribution in [-0.4, -0.2) is 68.1 Å². The van der Waals surface area contributed by atoms with Crippen LogP contribution in [0.25, 0.3) is 28.0 Å². The number of hydrogen-bond donors (Lipinski definition) is 0. The molecule has 0 aliphatic carbocycles. The number of aldehydes is 1. The second kappa shape index (κ2) is 12.8. The van der Waals surface area contributed by atoms with Gasteiger partial charge in [-0.2, -0.15) is 4.98 Å². The van der Waals surface area contributed by atoms with Crippen molar-refractivity contribution in [2.45, 2.75) is 78.9 Å². The molecule has 3 aromatic heterocycles. The molecule has 1 fully saturated rings. The molecule has 46 heavy (non-hydrogen) atoms. The molecule has 1 aliphatic rings. The normalized spacial score (nSPS) is 15.6. The summed E-state index contributed by atoms with van der Waals surface area (Å²) < 4.78 is 7.16. The Morgan fingerprint density at radius 1 is 1.07 bits per heavy atom. The van der Waals surface area contributed by atoms with E-state index < -0.39 is 11.3 Å². The van der Waals surface area contributed by atoms with Gasteiger partial charge in [-0.3, -0.25) is 9.78 Å². The molecule has 1 saturated heterocycles. The van der Waals surface area contributed by atoms with Crippen LogP contribution in [0.4, 0.5) is 10.6 Å². The number of ether oxygens (including phenoxy) is 1. The van der Waals surface area contributed by atoms with Crippen molar-refractivity contribution < 1.29 is 14.3 Å².